The summed E-state index contributed by atoms with van der Waals surface area (Å²) in [7, 11) is 0. The van der Waals surface area contributed by atoms with Crippen LogP contribution in [-0.2, 0) is 41.8 Å². The Morgan fingerprint density at radius 1 is 0.614 bits per heavy atom. The van der Waals surface area contributed by atoms with E-state index in [1.807, 2.05) is 60.7 Å². The molecule has 12 heteroatoms. The average Bonchev–Trinajstić information content (AvgIpc) is 2.94. The zero-order chi connectivity index (χ0) is 32.6. The number of hydrogen-bond acceptors (Lipinski definition) is 8. The molecule has 0 radical (unpaired) electrons. The average molecular weight is 743 g/mol. The summed E-state index contributed by atoms with van der Waals surface area (Å²) in [6, 6.07) is 16.9. The molecule has 242 valence electrons. The molecule has 10 nitrogen and oxygen atoms in total. The Labute approximate surface area is 271 Å². The van der Waals surface area contributed by atoms with Crippen molar-refractivity contribution in [3.05, 3.63) is 71.8 Å². The van der Waals surface area contributed by atoms with Crippen LogP contribution in [0.5, 0.6) is 0 Å². The standard InChI is InChI=1S/C32H44N2O8Se2/c1-31(2,3)41-27(35)25(33-29(37)39-21-23-13-9-7-10-14-23)17-19-43-44-20-18-26(28(36)42-32(4,5)6)34-30(38)40-22-24-15-11-8-12-16-24/h7-16,25-26H,17-22H2,1-6H3,(H,33,37)(H,34,38)/t25-,26-/m0/s1. The van der Waals surface area contributed by atoms with Crippen LogP contribution in [0.2, 0.25) is 10.6 Å². The van der Waals surface area contributed by atoms with E-state index in [-0.39, 0.29) is 39.5 Å². The van der Waals surface area contributed by atoms with Crippen molar-refractivity contribution in [3.63, 3.8) is 0 Å². The molecule has 2 aromatic carbocycles. The fraction of sp³-hybridized carbons (Fsp3) is 0.500. The van der Waals surface area contributed by atoms with E-state index in [0.29, 0.717) is 23.5 Å². The maximum absolute atomic E-state index is 12.8. The molecule has 0 aliphatic carbocycles. The molecule has 2 rings (SSSR count). The minimum atomic E-state index is -0.842. The molecule has 44 heavy (non-hydrogen) atoms. The zero-order valence-corrected chi connectivity index (χ0v) is 29.7. The summed E-state index contributed by atoms with van der Waals surface area (Å²) in [5.41, 5.74) is 0.273. The normalized spacial score (nSPS) is 12.8. The van der Waals surface area contributed by atoms with Gasteiger partial charge in [0.25, 0.3) is 0 Å². The second kappa shape index (κ2) is 18.7. The summed E-state index contributed by atoms with van der Waals surface area (Å²) in [6.07, 6.45) is -0.575. The molecule has 2 atom stereocenters. The molecular formula is C32H44N2O8Se2. The quantitative estimate of drug-likeness (QED) is 0.110. The summed E-state index contributed by atoms with van der Waals surface area (Å²) < 4.78 is 21.7. The number of amides is 2. The molecule has 2 aromatic rings. The number of nitrogens with one attached hydrogen (secondary N) is 2. The molecular weight excluding hydrogens is 698 g/mol. The molecule has 0 saturated heterocycles. The van der Waals surface area contributed by atoms with E-state index in [2.05, 4.69) is 10.6 Å². The third kappa shape index (κ3) is 16.7. The topological polar surface area (TPSA) is 129 Å². The van der Waals surface area contributed by atoms with Crippen LogP contribution in [0.4, 0.5) is 9.59 Å². The van der Waals surface area contributed by atoms with E-state index in [4.69, 9.17) is 18.9 Å². The number of carbonyl (C=O) groups is 4. The monoisotopic (exact) mass is 744 g/mol. The van der Waals surface area contributed by atoms with Crippen molar-refractivity contribution < 1.29 is 38.1 Å². The molecule has 0 heterocycles. The van der Waals surface area contributed by atoms with Gasteiger partial charge in [0.05, 0.1) is 0 Å². The molecule has 0 saturated carbocycles. The molecule has 0 aliphatic rings. The number of benzene rings is 2. The molecule has 0 unspecified atom stereocenters. The summed E-state index contributed by atoms with van der Waals surface area (Å²) >= 11 is 0.324. The van der Waals surface area contributed by atoms with Crippen molar-refractivity contribution in [3.8, 4) is 0 Å². The van der Waals surface area contributed by atoms with E-state index in [0.717, 1.165) is 11.1 Å². The first-order valence-electron chi connectivity index (χ1n) is 14.4. The van der Waals surface area contributed by atoms with Crippen LogP contribution < -0.4 is 10.6 Å². The Morgan fingerprint density at radius 3 is 1.27 bits per heavy atom. The van der Waals surface area contributed by atoms with E-state index in [1.165, 1.54) is 0 Å². The van der Waals surface area contributed by atoms with E-state index in [9.17, 15) is 19.2 Å². The Hall–Kier alpha value is -3.04. The Kier molecular flexibility index (Phi) is 15.8. The minimum absolute atomic E-state index is 0.0907. The van der Waals surface area contributed by atoms with E-state index in [1.54, 1.807) is 41.5 Å². The van der Waals surface area contributed by atoms with Crippen molar-refractivity contribution in [1.29, 1.82) is 0 Å². The second-order valence-electron chi connectivity index (χ2n) is 11.8. The number of hydrogen-bond donors (Lipinski definition) is 2. The fourth-order valence-electron chi connectivity index (χ4n) is 3.51. The van der Waals surface area contributed by atoms with E-state index >= 15 is 0 Å². The van der Waals surface area contributed by atoms with Crippen LogP contribution in [0.3, 0.4) is 0 Å². The first-order valence-corrected chi connectivity index (χ1v) is 21.1. The van der Waals surface area contributed by atoms with Gasteiger partial charge >= 0.3 is 272 Å². The maximum atomic E-state index is 12.8. The predicted octanol–water partition coefficient (Wildman–Crippen LogP) is 5.20. The number of carbonyl (C=O) groups excluding carboxylic acids is 4. The third-order valence-corrected chi connectivity index (χ3v) is 12.9. The van der Waals surface area contributed by atoms with E-state index < -0.39 is 47.4 Å². The molecule has 0 aromatic heterocycles. The molecule has 2 N–H and O–H groups in total. The van der Waals surface area contributed by atoms with Gasteiger partial charge < -0.3 is 0 Å². The number of ether oxygens (including phenoxy) is 4. The van der Waals surface area contributed by atoms with Gasteiger partial charge in [0, 0.05) is 0 Å². The molecule has 0 spiro atoms. The van der Waals surface area contributed by atoms with Crippen LogP contribution in [-0.4, -0.2) is 73.7 Å². The van der Waals surface area contributed by atoms with Crippen molar-refractivity contribution >= 4 is 50.4 Å². The molecule has 0 aliphatic heterocycles. The first kappa shape index (κ1) is 37.1. The Balaban J connectivity index is 1.86. The Morgan fingerprint density at radius 2 is 0.955 bits per heavy atom. The Bertz CT molecular complexity index is 1090. The molecule has 0 fully saturated rings. The number of alkyl carbamates (subject to hydrolysis) is 2. The van der Waals surface area contributed by atoms with Crippen LogP contribution in [0.1, 0.15) is 65.5 Å². The van der Waals surface area contributed by atoms with Crippen LogP contribution in [0.25, 0.3) is 0 Å². The van der Waals surface area contributed by atoms with Gasteiger partial charge in [-0.15, -0.1) is 0 Å². The van der Waals surface area contributed by atoms with Crippen LogP contribution in [0, 0.1) is 0 Å². The van der Waals surface area contributed by atoms with Crippen LogP contribution >= 0.6 is 0 Å². The van der Waals surface area contributed by atoms with Crippen molar-refractivity contribution in [1.82, 2.24) is 10.6 Å². The van der Waals surface area contributed by atoms with Gasteiger partial charge in [-0.2, -0.15) is 0 Å². The SMILES string of the molecule is CC(C)(C)OC(=O)[C@H](CC[Se][Se]CC[C@H](NC(=O)OCc1ccccc1)C(=O)OC(C)(C)C)NC(=O)OCc1ccccc1. The van der Waals surface area contributed by atoms with Crippen molar-refractivity contribution in [2.45, 2.75) is 102 Å². The second-order valence-corrected chi connectivity index (χ2v) is 19.6. The van der Waals surface area contributed by atoms with Gasteiger partial charge in [0.2, 0.25) is 0 Å². The molecule has 2 amide bonds. The fourth-order valence-corrected chi connectivity index (χ4v) is 10.1. The number of esters is 2. The van der Waals surface area contributed by atoms with Gasteiger partial charge in [0.15, 0.2) is 0 Å². The summed E-state index contributed by atoms with van der Waals surface area (Å²) in [5, 5.41) is 6.73. The summed E-state index contributed by atoms with van der Waals surface area (Å²) in [5.74, 6) is -1.03. The number of rotatable bonds is 15. The van der Waals surface area contributed by atoms with Crippen molar-refractivity contribution in [2.24, 2.45) is 0 Å². The van der Waals surface area contributed by atoms with Gasteiger partial charge in [-0.25, -0.2) is 0 Å². The first-order chi connectivity index (χ1) is 20.7. The van der Waals surface area contributed by atoms with Gasteiger partial charge in [-0.1, -0.05) is 0 Å². The third-order valence-electron chi connectivity index (χ3n) is 5.46. The van der Waals surface area contributed by atoms with Crippen LogP contribution in [0.15, 0.2) is 60.7 Å². The van der Waals surface area contributed by atoms with Crippen molar-refractivity contribution in [2.75, 3.05) is 0 Å². The van der Waals surface area contributed by atoms with Gasteiger partial charge in [-0.3, -0.25) is 0 Å². The zero-order valence-electron chi connectivity index (χ0n) is 26.3. The predicted molar refractivity (Wildman–Crippen MR) is 169 cm³/mol. The van der Waals surface area contributed by atoms with Gasteiger partial charge in [-0.05, 0) is 0 Å². The van der Waals surface area contributed by atoms with Gasteiger partial charge in [0.1, 0.15) is 0 Å². The summed E-state index contributed by atoms with van der Waals surface area (Å²) in [6.45, 7) is 10.8. The molecule has 0 bridgehead atoms. The summed E-state index contributed by atoms with van der Waals surface area (Å²) in [4.78, 5) is 50.6.